The number of hydrogen-bond acceptors (Lipinski definition) is 1. The zero-order valence-electron chi connectivity index (χ0n) is 12.7. The highest BCUT2D eigenvalue weighted by Crippen LogP contribution is 2.14. The summed E-state index contributed by atoms with van der Waals surface area (Å²) in [5.41, 5.74) is 4.35. The molecule has 0 radical (unpaired) electrons. The van der Waals surface area contributed by atoms with Crippen molar-refractivity contribution in [1.29, 1.82) is 5.26 Å². The third-order valence-electron chi connectivity index (χ3n) is 2.51. The van der Waals surface area contributed by atoms with Crippen LogP contribution in [0.3, 0.4) is 0 Å². The number of nitriles is 1. The molecule has 0 fully saturated rings. The van der Waals surface area contributed by atoms with Gasteiger partial charge < -0.3 is 0 Å². The summed E-state index contributed by atoms with van der Waals surface area (Å²) >= 11 is 0. The van der Waals surface area contributed by atoms with E-state index in [2.05, 4.69) is 39.5 Å². The van der Waals surface area contributed by atoms with E-state index in [1.807, 2.05) is 37.3 Å². The van der Waals surface area contributed by atoms with Crippen molar-refractivity contribution in [3.05, 3.63) is 109 Å². The van der Waals surface area contributed by atoms with Crippen LogP contribution in [-0.4, -0.2) is 0 Å². The first kappa shape index (κ1) is 18.2. The van der Waals surface area contributed by atoms with Crippen molar-refractivity contribution >= 4 is 0 Å². The Kier molecular flexibility index (Phi) is 7.88. The Morgan fingerprint density at radius 1 is 0.667 bits per heavy atom. The topological polar surface area (TPSA) is 23.8 Å². The molecule has 0 rings (SSSR count). The summed E-state index contributed by atoms with van der Waals surface area (Å²) in [5, 5.41) is 8.61. The van der Waals surface area contributed by atoms with Gasteiger partial charge in [-0.15, -0.1) is 0 Å². The Morgan fingerprint density at radius 3 is 1.33 bits per heavy atom. The fourth-order valence-electron chi connectivity index (χ4n) is 1.11. The average Bonchev–Trinajstić information content (AvgIpc) is 2.46. The first-order chi connectivity index (χ1) is 9.77. The molecule has 0 amide bonds. The number of hydrogen-bond donors (Lipinski definition) is 0. The van der Waals surface area contributed by atoms with Crippen molar-refractivity contribution in [3.8, 4) is 6.07 Å². The molecular weight excluding hydrogens is 254 g/mol. The molecule has 106 valence electrons. The summed E-state index contributed by atoms with van der Waals surface area (Å²) < 4.78 is 0. The Hall–Kier alpha value is -2.85. The van der Waals surface area contributed by atoms with Gasteiger partial charge >= 0.3 is 0 Å². The van der Waals surface area contributed by atoms with E-state index < -0.39 is 0 Å². The van der Waals surface area contributed by atoms with Crippen molar-refractivity contribution in [2.75, 3.05) is 0 Å². The first-order valence-electron chi connectivity index (χ1n) is 6.33. The van der Waals surface area contributed by atoms with Crippen LogP contribution in [0.5, 0.6) is 0 Å². The van der Waals surface area contributed by atoms with E-state index in [4.69, 9.17) is 5.26 Å². The summed E-state index contributed by atoms with van der Waals surface area (Å²) in [7, 11) is 0. The minimum Gasteiger partial charge on any atom is -0.192 e. The van der Waals surface area contributed by atoms with Crippen molar-refractivity contribution in [2.45, 2.75) is 6.92 Å². The normalized spacial score (nSPS) is 10.7. The Labute approximate surface area is 128 Å². The fraction of sp³-hybridized carbons (Fsp3) is 0.0500. The molecule has 0 aromatic rings. The molecule has 0 aliphatic heterocycles. The van der Waals surface area contributed by atoms with Gasteiger partial charge in [-0.05, 0) is 35.3 Å². The molecule has 0 aromatic heterocycles. The van der Waals surface area contributed by atoms with Gasteiger partial charge in [-0.3, -0.25) is 0 Å². The van der Waals surface area contributed by atoms with Crippen LogP contribution < -0.4 is 0 Å². The van der Waals surface area contributed by atoms with Crippen LogP contribution in [0.25, 0.3) is 0 Å². The van der Waals surface area contributed by atoms with E-state index in [1.165, 1.54) is 0 Å². The summed E-state index contributed by atoms with van der Waals surface area (Å²) in [6, 6.07) is 1.94. The van der Waals surface area contributed by atoms with E-state index in [9.17, 15) is 0 Å². The third kappa shape index (κ3) is 8.02. The monoisotopic (exact) mass is 275 g/mol. The summed E-state index contributed by atoms with van der Waals surface area (Å²) in [6.07, 6.45) is 10.7. The maximum Gasteiger partial charge on any atom is 0.0985 e. The lowest BCUT2D eigenvalue weighted by atomic mass is 10.0. The van der Waals surface area contributed by atoms with Crippen molar-refractivity contribution < 1.29 is 0 Å². The largest absolute Gasteiger partial charge is 0.192 e. The lowest BCUT2D eigenvalue weighted by Crippen LogP contribution is -1.82. The van der Waals surface area contributed by atoms with E-state index in [0.29, 0.717) is 11.1 Å². The second-order valence-electron chi connectivity index (χ2n) is 4.58. The van der Waals surface area contributed by atoms with Gasteiger partial charge in [-0.1, -0.05) is 75.4 Å². The van der Waals surface area contributed by atoms with E-state index >= 15 is 0 Å². The summed E-state index contributed by atoms with van der Waals surface area (Å²) in [6.45, 7) is 24.9. The van der Waals surface area contributed by atoms with E-state index in [1.54, 1.807) is 12.2 Å². The molecule has 0 aromatic carbocycles. The van der Waals surface area contributed by atoms with Crippen LogP contribution in [-0.2, 0) is 0 Å². The number of nitrogens with zero attached hydrogens (tertiary/aromatic N) is 1. The Morgan fingerprint density at radius 2 is 1.00 bits per heavy atom. The lowest BCUT2D eigenvalue weighted by Gasteiger charge is -2.01. The molecule has 21 heavy (non-hydrogen) atoms. The average molecular weight is 275 g/mol. The van der Waals surface area contributed by atoms with Crippen LogP contribution in [0.1, 0.15) is 6.92 Å². The first-order valence-corrected chi connectivity index (χ1v) is 6.33. The third-order valence-corrected chi connectivity index (χ3v) is 2.51. The summed E-state index contributed by atoms with van der Waals surface area (Å²) in [5.74, 6) is 0. The smallest absolute Gasteiger partial charge is 0.0985 e. The van der Waals surface area contributed by atoms with Gasteiger partial charge in [0.05, 0.1) is 6.07 Å². The van der Waals surface area contributed by atoms with Gasteiger partial charge in [0.2, 0.25) is 0 Å². The van der Waals surface area contributed by atoms with Gasteiger partial charge in [0.1, 0.15) is 0 Å². The molecule has 0 aliphatic rings. The van der Waals surface area contributed by atoms with Crippen molar-refractivity contribution in [3.63, 3.8) is 0 Å². The standard InChI is InChI=1S/C20H21N/c1-15(2)8-10-17(4)19(6)12-13-20(7)18(5)11-9-16(3)14-21/h8-13H,1,3-7H2,2H3/b10-8-,11-9-,13-12-. The molecule has 0 N–H and O–H groups in total. The molecule has 0 atom stereocenters. The van der Waals surface area contributed by atoms with Crippen LogP contribution in [0.4, 0.5) is 0 Å². The molecule has 0 saturated carbocycles. The number of rotatable bonds is 8. The molecule has 0 spiro atoms. The van der Waals surface area contributed by atoms with E-state index in [0.717, 1.165) is 22.3 Å². The highest BCUT2D eigenvalue weighted by molar-refractivity contribution is 5.50. The van der Waals surface area contributed by atoms with Crippen molar-refractivity contribution in [2.24, 2.45) is 0 Å². The summed E-state index contributed by atoms with van der Waals surface area (Å²) in [4.78, 5) is 0. The lowest BCUT2D eigenvalue weighted by molar-refractivity contribution is 1.49. The zero-order valence-corrected chi connectivity index (χ0v) is 12.7. The van der Waals surface area contributed by atoms with Gasteiger partial charge in [-0.2, -0.15) is 5.26 Å². The molecule has 0 bridgehead atoms. The SMILES string of the molecule is C=C(C)/C=C\C(=C)C(=C)/C=C\C(=C)C(=C)/C=C\C(=C)C#N. The van der Waals surface area contributed by atoms with Gasteiger partial charge in [0.25, 0.3) is 0 Å². The second kappa shape index (κ2) is 9.12. The van der Waals surface area contributed by atoms with Crippen LogP contribution >= 0.6 is 0 Å². The van der Waals surface area contributed by atoms with Crippen LogP contribution in [0.15, 0.2) is 109 Å². The van der Waals surface area contributed by atoms with Crippen molar-refractivity contribution in [1.82, 2.24) is 0 Å². The second-order valence-corrected chi connectivity index (χ2v) is 4.58. The van der Waals surface area contributed by atoms with Gasteiger partial charge in [0, 0.05) is 5.57 Å². The van der Waals surface area contributed by atoms with Crippen LogP contribution in [0, 0.1) is 11.3 Å². The fourth-order valence-corrected chi connectivity index (χ4v) is 1.11. The maximum atomic E-state index is 8.61. The molecule has 1 nitrogen and oxygen atoms in total. The Balaban J connectivity index is 4.68. The maximum absolute atomic E-state index is 8.61. The predicted molar refractivity (Wildman–Crippen MR) is 93.5 cm³/mol. The molecule has 0 unspecified atom stereocenters. The van der Waals surface area contributed by atoms with Gasteiger partial charge in [0.15, 0.2) is 0 Å². The van der Waals surface area contributed by atoms with E-state index in [-0.39, 0.29) is 0 Å². The molecule has 0 saturated heterocycles. The molecule has 0 aliphatic carbocycles. The minimum absolute atomic E-state index is 0.371. The minimum atomic E-state index is 0.371. The Bertz CT molecular complexity index is 625. The highest BCUT2D eigenvalue weighted by atomic mass is 14.2. The molecule has 1 heteroatoms. The van der Waals surface area contributed by atoms with Crippen LogP contribution in [0.2, 0.25) is 0 Å². The number of allylic oxidation sites excluding steroid dienone is 12. The quantitative estimate of drug-likeness (QED) is 0.421. The molecule has 0 heterocycles. The molecular formula is C20H21N. The predicted octanol–water partition coefficient (Wildman–Crippen LogP) is 5.54. The zero-order chi connectivity index (χ0) is 16.4. The highest BCUT2D eigenvalue weighted by Gasteiger charge is 1.95. The van der Waals surface area contributed by atoms with Gasteiger partial charge in [-0.25, -0.2) is 0 Å².